The lowest BCUT2D eigenvalue weighted by atomic mass is 10.3. The van der Waals surface area contributed by atoms with Gasteiger partial charge in [0, 0.05) is 5.02 Å². The molecule has 3 aromatic heterocycles. The predicted molar refractivity (Wildman–Crippen MR) is 102 cm³/mol. The van der Waals surface area contributed by atoms with E-state index in [-0.39, 0.29) is 11.9 Å². The predicted octanol–water partition coefficient (Wildman–Crippen LogP) is 5.27. The SMILES string of the molecule is C[C@@H](Sc1nnc(COc2ccc(Cl)cc2)o1)c1nnc(-c2cccs2)o1. The Bertz CT molecular complexity index is 1000. The van der Waals surface area contributed by atoms with Crippen molar-refractivity contribution in [1.82, 2.24) is 20.4 Å². The zero-order valence-corrected chi connectivity index (χ0v) is 16.4. The Kier molecular flexibility index (Phi) is 5.42. The van der Waals surface area contributed by atoms with Crippen molar-refractivity contribution in [2.75, 3.05) is 0 Å². The summed E-state index contributed by atoms with van der Waals surface area (Å²) in [5.41, 5.74) is 0. The first-order valence-electron chi connectivity index (χ1n) is 7.92. The van der Waals surface area contributed by atoms with Gasteiger partial charge in [0.05, 0.1) is 10.1 Å². The summed E-state index contributed by atoms with van der Waals surface area (Å²) in [6.45, 7) is 2.11. The number of halogens is 1. The zero-order chi connectivity index (χ0) is 18.6. The van der Waals surface area contributed by atoms with Gasteiger partial charge < -0.3 is 13.6 Å². The van der Waals surface area contributed by atoms with Gasteiger partial charge in [-0.15, -0.1) is 31.7 Å². The summed E-state index contributed by atoms with van der Waals surface area (Å²) in [7, 11) is 0. The van der Waals surface area contributed by atoms with Crippen LogP contribution in [0.5, 0.6) is 5.75 Å². The van der Waals surface area contributed by atoms with Crippen LogP contribution >= 0.6 is 34.7 Å². The molecule has 0 unspecified atom stereocenters. The van der Waals surface area contributed by atoms with Crippen LogP contribution in [0.4, 0.5) is 0 Å². The van der Waals surface area contributed by atoms with Crippen LogP contribution in [0.1, 0.15) is 24.0 Å². The Balaban J connectivity index is 1.35. The van der Waals surface area contributed by atoms with E-state index in [1.807, 2.05) is 24.4 Å². The molecule has 0 saturated carbocycles. The van der Waals surface area contributed by atoms with E-state index in [0.717, 1.165) is 4.88 Å². The van der Waals surface area contributed by atoms with Gasteiger partial charge in [0.2, 0.25) is 5.89 Å². The lowest BCUT2D eigenvalue weighted by Crippen LogP contribution is -1.95. The second-order valence-corrected chi connectivity index (χ2v) is 8.06. The van der Waals surface area contributed by atoms with Crippen LogP contribution < -0.4 is 4.74 Å². The summed E-state index contributed by atoms with van der Waals surface area (Å²) in [6.07, 6.45) is 0. The first kappa shape index (κ1) is 18.0. The molecule has 138 valence electrons. The second-order valence-electron chi connectivity index (χ2n) is 5.39. The van der Waals surface area contributed by atoms with Crippen molar-refractivity contribution in [2.45, 2.75) is 24.0 Å². The van der Waals surface area contributed by atoms with E-state index in [1.165, 1.54) is 11.8 Å². The van der Waals surface area contributed by atoms with E-state index in [1.54, 1.807) is 35.6 Å². The molecule has 0 spiro atoms. The number of thiophene rings is 1. The number of hydrogen-bond acceptors (Lipinski definition) is 9. The minimum absolute atomic E-state index is 0.128. The average Bonchev–Trinajstić information content (AvgIpc) is 3.42. The Labute approximate surface area is 167 Å². The normalized spacial score (nSPS) is 12.2. The quantitative estimate of drug-likeness (QED) is 0.374. The molecular formula is C17H13ClN4O3S2. The lowest BCUT2D eigenvalue weighted by molar-refractivity contribution is 0.252. The molecule has 4 rings (SSSR count). The minimum Gasteiger partial charge on any atom is -0.484 e. The van der Waals surface area contributed by atoms with Crippen molar-refractivity contribution in [3.8, 4) is 16.5 Å². The van der Waals surface area contributed by atoms with Gasteiger partial charge in [-0.3, -0.25) is 0 Å². The van der Waals surface area contributed by atoms with E-state index in [0.29, 0.717) is 33.7 Å². The van der Waals surface area contributed by atoms with Crippen molar-refractivity contribution >= 4 is 34.7 Å². The maximum absolute atomic E-state index is 5.85. The molecular weight excluding hydrogens is 408 g/mol. The molecule has 7 nitrogen and oxygen atoms in total. The van der Waals surface area contributed by atoms with Crippen molar-refractivity contribution in [2.24, 2.45) is 0 Å². The molecule has 27 heavy (non-hydrogen) atoms. The smallest absolute Gasteiger partial charge is 0.277 e. The standard InChI is InChI=1S/C17H13ClN4O3S2/c1-10(15-20-21-16(25-15)13-3-2-8-26-13)27-17-22-19-14(24-17)9-23-12-6-4-11(18)5-7-12/h2-8,10H,9H2,1H3/t10-/m1/s1. The summed E-state index contributed by atoms with van der Waals surface area (Å²) in [4.78, 5) is 0.936. The number of nitrogens with zero attached hydrogens (tertiary/aromatic N) is 4. The lowest BCUT2D eigenvalue weighted by Gasteiger charge is -2.03. The van der Waals surface area contributed by atoms with E-state index in [2.05, 4.69) is 20.4 Å². The summed E-state index contributed by atoms with van der Waals surface area (Å²) >= 11 is 8.74. The number of ether oxygens (including phenoxy) is 1. The summed E-state index contributed by atoms with van der Waals surface area (Å²) in [5.74, 6) is 2.06. The highest BCUT2D eigenvalue weighted by Gasteiger charge is 2.20. The van der Waals surface area contributed by atoms with Gasteiger partial charge in [-0.25, -0.2) is 0 Å². The second kappa shape index (κ2) is 8.12. The number of rotatable bonds is 7. The third-order valence-electron chi connectivity index (χ3n) is 3.42. The fourth-order valence-corrected chi connectivity index (χ4v) is 3.62. The van der Waals surface area contributed by atoms with Crippen molar-refractivity contribution < 1.29 is 13.6 Å². The van der Waals surface area contributed by atoms with Crippen LogP contribution in [-0.4, -0.2) is 20.4 Å². The van der Waals surface area contributed by atoms with E-state index < -0.39 is 0 Å². The van der Waals surface area contributed by atoms with E-state index in [9.17, 15) is 0 Å². The molecule has 1 aromatic carbocycles. The molecule has 0 fully saturated rings. The monoisotopic (exact) mass is 420 g/mol. The Morgan fingerprint density at radius 3 is 2.74 bits per heavy atom. The van der Waals surface area contributed by atoms with Gasteiger partial charge in [0.15, 0.2) is 6.61 Å². The maximum Gasteiger partial charge on any atom is 0.277 e. The first-order valence-corrected chi connectivity index (χ1v) is 10.1. The molecule has 0 saturated heterocycles. The number of thioether (sulfide) groups is 1. The number of aromatic nitrogens is 4. The molecule has 10 heteroatoms. The van der Waals surface area contributed by atoms with Crippen molar-refractivity contribution in [1.29, 1.82) is 0 Å². The van der Waals surface area contributed by atoms with E-state index in [4.69, 9.17) is 25.2 Å². The third-order valence-corrected chi connectivity index (χ3v) is 5.45. The van der Waals surface area contributed by atoms with Crippen molar-refractivity contribution in [3.63, 3.8) is 0 Å². The van der Waals surface area contributed by atoms with Crippen LogP contribution in [0.25, 0.3) is 10.8 Å². The van der Waals surface area contributed by atoms with Gasteiger partial charge in [-0.1, -0.05) is 29.4 Å². The molecule has 0 aliphatic rings. The highest BCUT2D eigenvalue weighted by Crippen LogP contribution is 2.35. The van der Waals surface area contributed by atoms with Crippen molar-refractivity contribution in [3.05, 3.63) is 58.6 Å². The molecule has 0 aliphatic heterocycles. The zero-order valence-electron chi connectivity index (χ0n) is 14.0. The van der Waals surface area contributed by atoms with Crippen LogP contribution in [0.2, 0.25) is 5.02 Å². The highest BCUT2D eigenvalue weighted by molar-refractivity contribution is 7.99. The largest absolute Gasteiger partial charge is 0.484 e. The molecule has 3 heterocycles. The molecule has 1 atom stereocenters. The van der Waals surface area contributed by atoms with E-state index >= 15 is 0 Å². The Morgan fingerprint density at radius 2 is 1.96 bits per heavy atom. The maximum atomic E-state index is 5.85. The Hall–Kier alpha value is -2.36. The molecule has 0 amide bonds. The third kappa shape index (κ3) is 4.49. The summed E-state index contributed by atoms with van der Waals surface area (Å²) < 4.78 is 16.9. The molecule has 4 aromatic rings. The number of hydrogen-bond donors (Lipinski definition) is 0. The highest BCUT2D eigenvalue weighted by atomic mass is 35.5. The first-order chi connectivity index (χ1) is 13.2. The van der Waals surface area contributed by atoms with Crippen LogP contribution in [0, 0.1) is 0 Å². The minimum atomic E-state index is -0.128. The fraction of sp³-hybridized carbons (Fsp3) is 0.176. The molecule has 0 radical (unpaired) electrons. The van der Waals surface area contributed by atoms with Gasteiger partial charge in [0.25, 0.3) is 17.0 Å². The summed E-state index contributed by atoms with van der Waals surface area (Å²) in [6, 6.07) is 10.9. The number of benzene rings is 1. The molecule has 0 aliphatic carbocycles. The average molecular weight is 421 g/mol. The summed E-state index contributed by atoms with van der Waals surface area (Å²) in [5, 5.41) is 19.1. The van der Waals surface area contributed by atoms with Gasteiger partial charge >= 0.3 is 0 Å². The molecule has 0 bridgehead atoms. The van der Waals surface area contributed by atoms with Crippen LogP contribution in [-0.2, 0) is 6.61 Å². The van der Waals surface area contributed by atoms with Gasteiger partial charge in [-0.05, 0) is 42.6 Å². The Morgan fingerprint density at radius 1 is 1.11 bits per heavy atom. The topological polar surface area (TPSA) is 87.1 Å². The van der Waals surface area contributed by atoms with Crippen LogP contribution in [0.3, 0.4) is 0 Å². The molecule has 0 N–H and O–H groups in total. The fourth-order valence-electron chi connectivity index (χ4n) is 2.12. The van der Waals surface area contributed by atoms with Gasteiger partial charge in [0.1, 0.15) is 5.75 Å². The van der Waals surface area contributed by atoms with Gasteiger partial charge in [-0.2, -0.15) is 0 Å². The van der Waals surface area contributed by atoms with Crippen LogP contribution in [0.15, 0.2) is 55.8 Å².